The van der Waals surface area contributed by atoms with E-state index >= 15 is 0 Å². The maximum Gasteiger partial charge on any atom is 0.261 e. The van der Waals surface area contributed by atoms with Crippen LogP contribution >= 0.6 is 0 Å². The number of benzene rings is 1. The Balaban J connectivity index is 1.49. The molecule has 4 heterocycles. The van der Waals surface area contributed by atoms with E-state index in [9.17, 15) is 10.1 Å². The van der Waals surface area contributed by atoms with E-state index in [1.807, 2.05) is 12.1 Å². The highest BCUT2D eigenvalue weighted by Crippen LogP contribution is 2.33. The molecule has 3 aromatic rings. The number of nitriles is 1. The molecule has 8 nitrogen and oxygen atoms in total. The van der Waals surface area contributed by atoms with Crippen LogP contribution in [0.15, 0.2) is 35.3 Å². The molecule has 0 saturated carbocycles. The Morgan fingerprint density at radius 2 is 2.16 bits per heavy atom. The number of hydrogen-bond donors (Lipinski definition) is 2. The van der Waals surface area contributed by atoms with Crippen LogP contribution in [0.5, 0.6) is 0 Å². The van der Waals surface area contributed by atoms with Crippen molar-refractivity contribution in [2.45, 2.75) is 39.4 Å². The zero-order chi connectivity index (χ0) is 22.2. The molecule has 0 amide bonds. The first-order chi connectivity index (χ1) is 15.5. The minimum Gasteiger partial charge on any atom is -0.379 e. The van der Waals surface area contributed by atoms with Gasteiger partial charge in [0.2, 0.25) is 0 Å². The van der Waals surface area contributed by atoms with Crippen LogP contribution in [0, 0.1) is 23.2 Å². The van der Waals surface area contributed by atoms with Gasteiger partial charge in [-0.3, -0.25) is 14.4 Å². The SMILES string of the molecule is CC(C)CN1Cc2ccc(Nc3nn([C@H]4COCCC4C#N)c4cc[nH]c(=O)c34)cc2C1. The number of nitrogens with zero attached hydrogens (tertiary/aromatic N) is 4. The molecular formula is C24H28N6O2. The number of aromatic amines is 1. The first-order valence-corrected chi connectivity index (χ1v) is 11.2. The molecule has 1 aromatic carbocycles. The Hall–Kier alpha value is -3.15. The fraction of sp³-hybridized carbons (Fsp3) is 0.458. The molecule has 1 unspecified atom stereocenters. The summed E-state index contributed by atoms with van der Waals surface area (Å²) in [6, 6.07) is 10.3. The van der Waals surface area contributed by atoms with Gasteiger partial charge in [0, 0.05) is 38.1 Å². The molecule has 2 N–H and O–H groups in total. The molecule has 2 aliphatic heterocycles. The molecule has 2 aliphatic rings. The van der Waals surface area contributed by atoms with E-state index in [-0.39, 0.29) is 17.5 Å². The van der Waals surface area contributed by atoms with Crippen molar-refractivity contribution in [2.24, 2.45) is 11.8 Å². The van der Waals surface area contributed by atoms with Crippen LogP contribution in [0.2, 0.25) is 0 Å². The number of fused-ring (bicyclic) bond motifs is 2. The third kappa shape index (κ3) is 3.78. The molecule has 0 aliphatic carbocycles. The second-order valence-corrected chi connectivity index (χ2v) is 9.20. The Morgan fingerprint density at radius 1 is 1.31 bits per heavy atom. The standard InChI is InChI=1S/C24H28N6O2/c1-15(2)11-29-12-17-3-4-19(9-18(17)13-29)27-23-22-20(5-7-26-24(22)31)30(28-23)21-14-32-8-6-16(21)10-25/h3-5,7,9,15-16,21H,6,8,11-14H2,1-2H3,(H,26,31)(H,27,28)/t16?,21-/m0/s1. The lowest BCUT2D eigenvalue weighted by Crippen LogP contribution is -2.30. The summed E-state index contributed by atoms with van der Waals surface area (Å²) < 4.78 is 7.43. The highest BCUT2D eigenvalue weighted by molar-refractivity contribution is 5.91. The van der Waals surface area contributed by atoms with Gasteiger partial charge >= 0.3 is 0 Å². The summed E-state index contributed by atoms with van der Waals surface area (Å²) >= 11 is 0. The van der Waals surface area contributed by atoms with E-state index in [0.29, 0.717) is 42.3 Å². The fourth-order valence-corrected chi connectivity index (χ4v) is 4.88. The molecule has 166 valence electrons. The average Bonchev–Trinajstić information content (AvgIpc) is 3.34. The smallest absolute Gasteiger partial charge is 0.261 e. The predicted molar refractivity (Wildman–Crippen MR) is 123 cm³/mol. The summed E-state index contributed by atoms with van der Waals surface area (Å²) in [5, 5.41) is 18.3. The Morgan fingerprint density at radius 3 is 2.97 bits per heavy atom. The second kappa shape index (κ2) is 8.41. The van der Waals surface area contributed by atoms with Crippen molar-refractivity contribution in [3.8, 4) is 6.07 Å². The monoisotopic (exact) mass is 432 g/mol. The van der Waals surface area contributed by atoms with Gasteiger partial charge in [-0.2, -0.15) is 10.4 Å². The lowest BCUT2D eigenvalue weighted by Gasteiger charge is -2.27. The molecule has 2 atom stereocenters. The van der Waals surface area contributed by atoms with Gasteiger partial charge in [-0.05, 0) is 41.7 Å². The molecule has 1 saturated heterocycles. The van der Waals surface area contributed by atoms with E-state index in [4.69, 9.17) is 9.84 Å². The lowest BCUT2D eigenvalue weighted by atomic mass is 9.96. The second-order valence-electron chi connectivity index (χ2n) is 9.20. The van der Waals surface area contributed by atoms with Crippen LogP contribution in [0.1, 0.15) is 37.4 Å². The fourth-order valence-electron chi connectivity index (χ4n) is 4.88. The zero-order valence-corrected chi connectivity index (χ0v) is 18.5. The van der Waals surface area contributed by atoms with Crippen molar-refractivity contribution in [1.29, 1.82) is 5.26 Å². The third-order valence-electron chi connectivity index (χ3n) is 6.32. The van der Waals surface area contributed by atoms with Gasteiger partial charge in [-0.1, -0.05) is 19.9 Å². The van der Waals surface area contributed by atoms with E-state index < -0.39 is 0 Å². The molecule has 0 spiro atoms. The molecule has 0 bridgehead atoms. The number of anilines is 2. The molecule has 5 rings (SSSR count). The van der Waals surface area contributed by atoms with Gasteiger partial charge in [0.1, 0.15) is 5.39 Å². The van der Waals surface area contributed by atoms with Crippen molar-refractivity contribution in [2.75, 3.05) is 25.1 Å². The van der Waals surface area contributed by atoms with Crippen molar-refractivity contribution >= 4 is 22.4 Å². The number of hydrogen-bond acceptors (Lipinski definition) is 6. The number of ether oxygens (including phenoxy) is 1. The van der Waals surface area contributed by atoms with Gasteiger partial charge in [-0.15, -0.1) is 0 Å². The van der Waals surface area contributed by atoms with Crippen molar-refractivity contribution in [1.82, 2.24) is 19.7 Å². The van der Waals surface area contributed by atoms with Crippen LogP contribution in [0.25, 0.3) is 10.9 Å². The first-order valence-electron chi connectivity index (χ1n) is 11.2. The number of pyridine rings is 1. The van der Waals surface area contributed by atoms with Gasteiger partial charge in [0.05, 0.1) is 30.2 Å². The molecular weight excluding hydrogens is 404 g/mol. The molecule has 2 aromatic heterocycles. The molecule has 32 heavy (non-hydrogen) atoms. The average molecular weight is 433 g/mol. The molecule has 0 radical (unpaired) electrons. The Labute approximate surface area is 186 Å². The van der Waals surface area contributed by atoms with Gasteiger partial charge in [0.15, 0.2) is 5.82 Å². The topological polar surface area (TPSA) is 99.0 Å². The maximum absolute atomic E-state index is 12.7. The molecule has 8 heteroatoms. The Kier molecular flexibility index (Phi) is 5.45. The van der Waals surface area contributed by atoms with Crippen LogP contribution in [-0.4, -0.2) is 39.4 Å². The zero-order valence-electron chi connectivity index (χ0n) is 18.5. The summed E-state index contributed by atoms with van der Waals surface area (Å²) in [5.74, 6) is 0.928. The first kappa shape index (κ1) is 20.7. The molecule has 1 fully saturated rings. The number of H-pyrrole nitrogens is 1. The van der Waals surface area contributed by atoms with Gasteiger partial charge < -0.3 is 15.0 Å². The van der Waals surface area contributed by atoms with Crippen molar-refractivity contribution in [3.05, 3.63) is 51.9 Å². The summed E-state index contributed by atoms with van der Waals surface area (Å²) in [4.78, 5) is 17.9. The maximum atomic E-state index is 12.7. The van der Waals surface area contributed by atoms with Gasteiger partial charge in [0.25, 0.3) is 5.56 Å². The van der Waals surface area contributed by atoms with Crippen LogP contribution < -0.4 is 10.9 Å². The number of rotatable bonds is 5. The van der Waals surface area contributed by atoms with Crippen LogP contribution in [0.4, 0.5) is 11.5 Å². The summed E-state index contributed by atoms with van der Waals surface area (Å²) in [6.07, 6.45) is 2.28. The normalized spacial score (nSPS) is 21.1. The van der Waals surface area contributed by atoms with Crippen LogP contribution in [-0.2, 0) is 17.8 Å². The summed E-state index contributed by atoms with van der Waals surface area (Å²) in [6.45, 7) is 8.44. The van der Waals surface area contributed by atoms with Gasteiger partial charge in [-0.25, -0.2) is 0 Å². The van der Waals surface area contributed by atoms with E-state index in [1.54, 1.807) is 10.9 Å². The summed E-state index contributed by atoms with van der Waals surface area (Å²) in [7, 11) is 0. The minimum absolute atomic E-state index is 0.203. The van der Waals surface area contributed by atoms with E-state index in [2.05, 4.69) is 47.3 Å². The minimum atomic E-state index is -0.224. The quantitative estimate of drug-likeness (QED) is 0.640. The van der Waals surface area contributed by atoms with Crippen molar-refractivity contribution in [3.63, 3.8) is 0 Å². The largest absolute Gasteiger partial charge is 0.379 e. The highest BCUT2D eigenvalue weighted by Gasteiger charge is 2.30. The third-order valence-corrected chi connectivity index (χ3v) is 6.32. The van der Waals surface area contributed by atoms with E-state index in [0.717, 1.165) is 25.3 Å². The summed E-state index contributed by atoms with van der Waals surface area (Å²) in [5.41, 5.74) is 4.06. The lowest BCUT2D eigenvalue weighted by molar-refractivity contribution is 0.0359. The number of aromatic nitrogens is 3. The van der Waals surface area contributed by atoms with E-state index in [1.165, 1.54) is 11.1 Å². The number of nitrogens with one attached hydrogen (secondary N) is 2. The van der Waals surface area contributed by atoms with Crippen LogP contribution in [0.3, 0.4) is 0 Å². The van der Waals surface area contributed by atoms with Crippen molar-refractivity contribution < 1.29 is 4.74 Å². The highest BCUT2D eigenvalue weighted by atomic mass is 16.5. The predicted octanol–water partition coefficient (Wildman–Crippen LogP) is 3.54. The Bertz CT molecular complexity index is 1240.